The Morgan fingerprint density at radius 1 is 1.33 bits per heavy atom. The number of amides is 2. The number of carbonyl (C=O) groups excluding carboxylic acids is 2. The van der Waals surface area contributed by atoms with Gasteiger partial charge in [-0.05, 0) is 18.6 Å². The van der Waals surface area contributed by atoms with Crippen molar-refractivity contribution in [3.05, 3.63) is 29.8 Å². The van der Waals surface area contributed by atoms with E-state index in [1.807, 2.05) is 19.1 Å². The molecule has 0 aliphatic carbocycles. The second-order valence-corrected chi connectivity index (χ2v) is 4.06. The van der Waals surface area contributed by atoms with Gasteiger partial charge in [-0.2, -0.15) is 0 Å². The topological polar surface area (TPSA) is 75.4 Å². The van der Waals surface area contributed by atoms with E-state index in [1.165, 1.54) is 0 Å². The summed E-state index contributed by atoms with van der Waals surface area (Å²) in [5, 5.41) is 2.59. The molecular formula is C13H19N3O2. The van der Waals surface area contributed by atoms with Gasteiger partial charge in [0.15, 0.2) is 0 Å². The molecule has 0 saturated carbocycles. The second kappa shape index (κ2) is 6.64. The number of carbonyl (C=O) groups is 2. The van der Waals surface area contributed by atoms with E-state index in [0.29, 0.717) is 12.2 Å². The van der Waals surface area contributed by atoms with Gasteiger partial charge in [-0.3, -0.25) is 9.59 Å². The minimum absolute atomic E-state index is 0.0237. The number of rotatable bonds is 5. The van der Waals surface area contributed by atoms with Crippen molar-refractivity contribution in [3.63, 3.8) is 0 Å². The van der Waals surface area contributed by atoms with E-state index < -0.39 is 0 Å². The highest BCUT2D eigenvalue weighted by molar-refractivity contribution is 5.86. The van der Waals surface area contributed by atoms with Crippen LogP contribution in [-0.2, 0) is 16.0 Å². The number of likely N-dealkylation sites (N-methyl/N-ethyl adjacent to an activating group) is 1. The Morgan fingerprint density at radius 2 is 2.00 bits per heavy atom. The summed E-state index contributed by atoms with van der Waals surface area (Å²) in [6, 6.07) is 7.19. The lowest BCUT2D eigenvalue weighted by atomic mass is 10.1. The first kappa shape index (κ1) is 14.0. The van der Waals surface area contributed by atoms with Gasteiger partial charge in [0.2, 0.25) is 11.8 Å². The van der Waals surface area contributed by atoms with E-state index in [-0.39, 0.29) is 24.8 Å². The maximum Gasteiger partial charge on any atom is 0.241 e. The summed E-state index contributed by atoms with van der Waals surface area (Å²) in [6.07, 6.45) is 0.190. The lowest BCUT2D eigenvalue weighted by Gasteiger charge is -2.14. The number of nitrogens with zero attached hydrogens (tertiary/aromatic N) is 1. The van der Waals surface area contributed by atoms with Crippen LogP contribution in [0.25, 0.3) is 0 Å². The summed E-state index contributed by atoms with van der Waals surface area (Å²) in [5.41, 5.74) is 7.10. The Bertz CT molecular complexity index is 432. The summed E-state index contributed by atoms with van der Waals surface area (Å²) in [7, 11) is 1.70. The number of nitrogens with two attached hydrogens (primary N) is 1. The molecule has 0 radical (unpaired) electrons. The van der Waals surface area contributed by atoms with Gasteiger partial charge in [0.1, 0.15) is 0 Å². The van der Waals surface area contributed by atoms with Crippen LogP contribution in [0.1, 0.15) is 12.5 Å². The molecule has 3 N–H and O–H groups in total. The van der Waals surface area contributed by atoms with Gasteiger partial charge in [0.25, 0.3) is 0 Å². The Hall–Kier alpha value is -2.04. The van der Waals surface area contributed by atoms with Gasteiger partial charge in [0.05, 0.1) is 13.0 Å². The monoisotopic (exact) mass is 249 g/mol. The fourth-order valence-corrected chi connectivity index (χ4v) is 1.42. The summed E-state index contributed by atoms with van der Waals surface area (Å²) >= 11 is 0. The third kappa shape index (κ3) is 4.08. The minimum Gasteiger partial charge on any atom is -0.398 e. The standard InChI is InChI=1S/C13H19N3O2/c1-3-16(2)13(18)9-15-12(17)8-10-6-4-5-7-11(10)14/h4-7H,3,8-9,14H2,1-2H3,(H,15,17). The van der Waals surface area contributed by atoms with Crippen LogP contribution < -0.4 is 11.1 Å². The highest BCUT2D eigenvalue weighted by atomic mass is 16.2. The van der Waals surface area contributed by atoms with Crippen molar-refractivity contribution >= 4 is 17.5 Å². The predicted molar refractivity (Wildman–Crippen MR) is 70.9 cm³/mol. The lowest BCUT2D eigenvalue weighted by Crippen LogP contribution is -2.38. The van der Waals surface area contributed by atoms with Crippen LogP contribution in [0.15, 0.2) is 24.3 Å². The van der Waals surface area contributed by atoms with Gasteiger partial charge in [0, 0.05) is 19.3 Å². The number of benzene rings is 1. The largest absolute Gasteiger partial charge is 0.398 e. The smallest absolute Gasteiger partial charge is 0.241 e. The van der Waals surface area contributed by atoms with E-state index in [9.17, 15) is 9.59 Å². The Kier molecular flexibility index (Phi) is 5.17. The van der Waals surface area contributed by atoms with Crippen molar-refractivity contribution in [1.29, 1.82) is 0 Å². The predicted octanol–water partition coefficient (Wildman–Crippen LogP) is 0.406. The van der Waals surface area contributed by atoms with Crippen LogP contribution in [0.4, 0.5) is 5.69 Å². The zero-order chi connectivity index (χ0) is 13.5. The Morgan fingerprint density at radius 3 is 2.61 bits per heavy atom. The van der Waals surface area contributed by atoms with E-state index >= 15 is 0 Å². The van der Waals surface area contributed by atoms with Crippen LogP contribution in [0.5, 0.6) is 0 Å². The number of hydrogen-bond donors (Lipinski definition) is 2. The van der Waals surface area contributed by atoms with Crippen molar-refractivity contribution < 1.29 is 9.59 Å². The summed E-state index contributed by atoms with van der Waals surface area (Å²) in [5.74, 6) is -0.308. The molecule has 0 unspecified atom stereocenters. The van der Waals surface area contributed by atoms with Gasteiger partial charge in [-0.1, -0.05) is 18.2 Å². The summed E-state index contributed by atoms with van der Waals surface area (Å²) in [6.45, 7) is 2.53. The van der Waals surface area contributed by atoms with E-state index in [0.717, 1.165) is 5.56 Å². The minimum atomic E-state index is -0.203. The SMILES string of the molecule is CCN(C)C(=O)CNC(=O)Cc1ccccc1N. The molecular weight excluding hydrogens is 230 g/mol. The molecule has 98 valence electrons. The van der Waals surface area contributed by atoms with Crippen LogP contribution >= 0.6 is 0 Å². The van der Waals surface area contributed by atoms with E-state index in [2.05, 4.69) is 5.32 Å². The number of anilines is 1. The summed E-state index contributed by atoms with van der Waals surface area (Å²) in [4.78, 5) is 24.7. The molecule has 0 fully saturated rings. The maximum atomic E-state index is 11.6. The maximum absolute atomic E-state index is 11.6. The number of nitrogen functional groups attached to an aromatic ring is 1. The van der Waals surface area contributed by atoms with Gasteiger partial charge in [-0.25, -0.2) is 0 Å². The first-order valence-electron chi connectivity index (χ1n) is 5.88. The molecule has 0 saturated heterocycles. The van der Waals surface area contributed by atoms with Gasteiger partial charge >= 0.3 is 0 Å². The van der Waals surface area contributed by atoms with Crippen molar-refractivity contribution in [3.8, 4) is 0 Å². The molecule has 0 aliphatic rings. The third-order valence-corrected chi connectivity index (χ3v) is 2.74. The molecule has 5 heteroatoms. The molecule has 0 spiro atoms. The molecule has 18 heavy (non-hydrogen) atoms. The van der Waals surface area contributed by atoms with Gasteiger partial charge in [-0.15, -0.1) is 0 Å². The lowest BCUT2D eigenvalue weighted by molar-refractivity contribution is -0.131. The first-order chi connectivity index (χ1) is 8.54. The van der Waals surface area contributed by atoms with Crippen LogP contribution in [0, 0.1) is 0 Å². The highest BCUT2D eigenvalue weighted by Crippen LogP contribution is 2.10. The number of para-hydroxylation sites is 1. The van der Waals surface area contributed by atoms with Crippen molar-refractivity contribution in [2.24, 2.45) is 0 Å². The van der Waals surface area contributed by atoms with Crippen LogP contribution in [0.2, 0.25) is 0 Å². The molecule has 2 amide bonds. The molecule has 0 aliphatic heterocycles. The second-order valence-electron chi connectivity index (χ2n) is 4.06. The zero-order valence-electron chi connectivity index (χ0n) is 10.8. The van der Waals surface area contributed by atoms with Crippen molar-refractivity contribution in [2.45, 2.75) is 13.3 Å². The zero-order valence-corrected chi connectivity index (χ0v) is 10.8. The molecule has 0 aromatic heterocycles. The molecule has 1 aromatic carbocycles. The molecule has 0 heterocycles. The molecule has 1 aromatic rings. The molecule has 0 bridgehead atoms. The van der Waals surface area contributed by atoms with Crippen LogP contribution in [0.3, 0.4) is 0 Å². The fourth-order valence-electron chi connectivity index (χ4n) is 1.42. The number of hydrogen-bond acceptors (Lipinski definition) is 3. The molecule has 0 atom stereocenters. The van der Waals surface area contributed by atoms with Gasteiger partial charge < -0.3 is 16.0 Å². The highest BCUT2D eigenvalue weighted by Gasteiger charge is 2.10. The third-order valence-electron chi connectivity index (χ3n) is 2.74. The van der Waals surface area contributed by atoms with Crippen molar-refractivity contribution in [2.75, 3.05) is 25.9 Å². The quantitative estimate of drug-likeness (QED) is 0.742. The fraction of sp³-hybridized carbons (Fsp3) is 0.385. The Balaban J connectivity index is 2.44. The van der Waals surface area contributed by atoms with Crippen LogP contribution in [-0.4, -0.2) is 36.9 Å². The molecule has 1 rings (SSSR count). The van der Waals surface area contributed by atoms with E-state index in [1.54, 1.807) is 24.1 Å². The summed E-state index contributed by atoms with van der Waals surface area (Å²) < 4.78 is 0. The van der Waals surface area contributed by atoms with E-state index in [4.69, 9.17) is 5.73 Å². The average Bonchev–Trinajstić information content (AvgIpc) is 2.37. The molecule has 5 nitrogen and oxygen atoms in total. The number of nitrogens with one attached hydrogen (secondary N) is 1. The average molecular weight is 249 g/mol. The normalized spacial score (nSPS) is 9.89. The Labute approximate surface area is 107 Å². The first-order valence-corrected chi connectivity index (χ1v) is 5.88. The van der Waals surface area contributed by atoms with Crippen molar-refractivity contribution in [1.82, 2.24) is 10.2 Å².